The second kappa shape index (κ2) is 8.20. The lowest BCUT2D eigenvalue weighted by atomic mass is 10.1. The van der Waals surface area contributed by atoms with Crippen LogP contribution in [0.2, 0.25) is 0 Å². The van der Waals surface area contributed by atoms with Gasteiger partial charge in [-0.2, -0.15) is 0 Å². The van der Waals surface area contributed by atoms with Crippen molar-refractivity contribution in [3.05, 3.63) is 29.3 Å². The molecule has 1 fully saturated rings. The summed E-state index contributed by atoms with van der Waals surface area (Å²) in [7, 11) is -3.04. The van der Waals surface area contributed by atoms with E-state index in [1.165, 1.54) is 6.92 Å². The summed E-state index contributed by atoms with van der Waals surface area (Å²) >= 11 is 0. The number of amides is 2. The number of benzene rings is 1. The Kier molecular flexibility index (Phi) is 6.44. The molecule has 1 aliphatic heterocycles. The molecule has 1 aromatic rings. The standard InChI is InChI=1S/C19H28N2O4S/c1-5-20(17-9-11-26(24,25)13-17)19(23)8-10-21(16(4)22)18-7-6-14(2)12-15(18)3/h6-7,12,17H,5,8-11,13H2,1-4H3. The molecule has 1 aromatic carbocycles. The van der Waals surface area contributed by atoms with E-state index in [1.54, 1.807) is 9.80 Å². The van der Waals surface area contributed by atoms with Gasteiger partial charge in [0, 0.05) is 38.2 Å². The van der Waals surface area contributed by atoms with E-state index < -0.39 is 9.84 Å². The Labute approximate surface area is 156 Å². The molecule has 0 aliphatic carbocycles. The first-order valence-electron chi connectivity index (χ1n) is 9.00. The predicted octanol–water partition coefficient (Wildman–Crippen LogP) is 2.08. The number of aryl methyl sites for hydroxylation is 2. The molecule has 1 atom stereocenters. The summed E-state index contributed by atoms with van der Waals surface area (Å²) in [5.74, 6) is -0.0363. The van der Waals surface area contributed by atoms with Gasteiger partial charge in [-0.05, 0) is 38.8 Å². The number of carbonyl (C=O) groups is 2. The van der Waals surface area contributed by atoms with Crippen molar-refractivity contribution in [3.63, 3.8) is 0 Å². The highest BCUT2D eigenvalue weighted by molar-refractivity contribution is 7.91. The number of nitrogens with zero attached hydrogens (tertiary/aromatic N) is 2. The van der Waals surface area contributed by atoms with Crippen LogP contribution in [-0.2, 0) is 19.4 Å². The Balaban J connectivity index is 2.08. The fourth-order valence-electron chi connectivity index (χ4n) is 3.57. The summed E-state index contributed by atoms with van der Waals surface area (Å²) < 4.78 is 23.4. The quantitative estimate of drug-likeness (QED) is 0.757. The molecule has 0 spiro atoms. The topological polar surface area (TPSA) is 74.8 Å². The molecule has 1 aliphatic rings. The van der Waals surface area contributed by atoms with Crippen LogP contribution in [0.1, 0.15) is 37.8 Å². The third-order valence-corrected chi connectivity index (χ3v) is 6.63. The van der Waals surface area contributed by atoms with Crippen molar-refractivity contribution in [1.29, 1.82) is 0 Å². The number of hydrogen-bond acceptors (Lipinski definition) is 4. The second-order valence-electron chi connectivity index (χ2n) is 6.95. The molecule has 0 N–H and O–H groups in total. The summed E-state index contributed by atoms with van der Waals surface area (Å²) in [5.41, 5.74) is 2.91. The highest BCUT2D eigenvalue weighted by atomic mass is 32.2. The lowest BCUT2D eigenvalue weighted by molar-refractivity contribution is -0.132. The molecule has 1 saturated heterocycles. The molecular weight excluding hydrogens is 352 g/mol. The molecule has 0 aromatic heterocycles. The fraction of sp³-hybridized carbons (Fsp3) is 0.579. The minimum absolute atomic E-state index is 0.0417. The molecule has 6 nitrogen and oxygen atoms in total. The minimum Gasteiger partial charge on any atom is -0.339 e. The molecule has 2 rings (SSSR count). The van der Waals surface area contributed by atoms with Crippen molar-refractivity contribution in [2.24, 2.45) is 0 Å². The number of carbonyl (C=O) groups excluding carboxylic acids is 2. The molecule has 1 heterocycles. The van der Waals surface area contributed by atoms with Crippen LogP contribution in [0.15, 0.2) is 18.2 Å². The summed E-state index contributed by atoms with van der Waals surface area (Å²) in [6.07, 6.45) is 0.673. The first-order chi connectivity index (χ1) is 12.1. The normalized spacial score (nSPS) is 18.5. The van der Waals surface area contributed by atoms with Crippen molar-refractivity contribution < 1.29 is 18.0 Å². The zero-order valence-electron chi connectivity index (χ0n) is 16.0. The van der Waals surface area contributed by atoms with Gasteiger partial charge in [0.05, 0.1) is 11.5 Å². The van der Waals surface area contributed by atoms with Crippen LogP contribution in [0.25, 0.3) is 0 Å². The van der Waals surface area contributed by atoms with Crippen molar-refractivity contribution in [2.45, 2.75) is 46.6 Å². The van der Waals surface area contributed by atoms with E-state index in [1.807, 2.05) is 39.0 Å². The summed E-state index contributed by atoms with van der Waals surface area (Å²) in [5, 5.41) is 0. The van der Waals surface area contributed by atoms with E-state index in [-0.39, 0.29) is 42.3 Å². The Morgan fingerprint density at radius 2 is 1.92 bits per heavy atom. The highest BCUT2D eigenvalue weighted by Gasteiger charge is 2.33. The molecule has 0 radical (unpaired) electrons. The van der Waals surface area contributed by atoms with Gasteiger partial charge in [-0.3, -0.25) is 9.59 Å². The lowest BCUT2D eigenvalue weighted by Gasteiger charge is -2.29. The van der Waals surface area contributed by atoms with E-state index >= 15 is 0 Å². The molecule has 7 heteroatoms. The maximum absolute atomic E-state index is 12.7. The Bertz CT molecular complexity index is 789. The first-order valence-corrected chi connectivity index (χ1v) is 10.8. The van der Waals surface area contributed by atoms with Crippen molar-refractivity contribution in [2.75, 3.05) is 29.5 Å². The van der Waals surface area contributed by atoms with Crippen LogP contribution < -0.4 is 4.90 Å². The average molecular weight is 381 g/mol. The van der Waals surface area contributed by atoms with Crippen molar-refractivity contribution >= 4 is 27.3 Å². The average Bonchev–Trinajstić information content (AvgIpc) is 2.89. The van der Waals surface area contributed by atoms with Crippen LogP contribution in [0.5, 0.6) is 0 Å². The van der Waals surface area contributed by atoms with Crippen LogP contribution in [0.3, 0.4) is 0 Å². The summed E-state index contributed by atoms with van der Waals surface area (Å²) in [4.78, 5) is 28.0. The smallest absolute Gasteiger partial charge is 0.224 e. The number of rotatable bonds is 6. The molecule has 0 bridgehead atoms. The van der Waals surface area contributed by atoms with Crippen LogP contribution in [0.4, 0.5) is 5.69 Å². The Morgan fingerprint density at radius 1 is 1.23 bits per heavy atom. The van der Waals surface area contributed by atoms with Crippen LogP contribution in [-0.4, -0.2) is 55.8 Å². The largest absolute Gasteiger partial charge is 0.339 e. The van der Waals surface area contributed by atoms with Gasteiger partial charge in [-0.15, -0.1) is 0 Å². The molecule has 26 heavy (non-hydrogen) atoms. The lowest BCUT2D eigenvalue weighted by Crippen LogP contribution is -2.43. The second-order valence-corrected chi connectivity index (χ2v) is 9.18. The van der Waals surface area contributed by atoms with Gasteiger partial charge in [0.1, 0.15) is 0 Å². The monoisotopic (exact) mass is 380 g/mol. The maximum atomic E-state index is 12.7. The van der Waals surface area contributed by atoms with Gasteiger partial charge in [-0.25, -0.2) is 8.42 Å². The Hall–Kier alpha value is -1.89. The van der Waals surface area contributed by atoms with Crippen molar-refractivity contribution in [1.82, 2.24) is 4.90 Å². The maximum Gasteiger partial charge on any atom is 0.224 e. The number of sulfone groups is 1. The molecule has 1 unspecified atom stereocenters. The fourth-order valence-corrected chi connectivity index (χ4v) is 5.30. The minimum atomic E-state index is -3.04. The highest BCUT2D eigenvalue weighted by Crippen LogP contribution is 2.23. The zero-order valence-corrected chi connectivity index (χ0v) is 16.8. The van der Waals surface area contributed by atoms with E-state index in [2.05, 4.69) is 0 Å². The third kappa shape index (κ3) is 4.84. The zero-order chi connectivity index (χ0) is 19.5. The van der Waals surface area contributed by atoms with Crippen molar-refractivity contribution in [3.8, 4) is 0 Å². The van der Waals surface area contributed by atoms with E-state index in [0.717, 1.165) is 16.8 Å². The van der Waals surface area contributed by atoms with Gasteiger partial charge in [-0.1, -0.05) is 17.7 Å². The van der Waals surface area contributed by atoms with E-state index in [4.69, 9.17) is 0 Å². The molecule has 2 amide bonds. The van der Waals surface area contributed by atoms with Gasteiger partial charge >= 0.3 is 0 Å². The van der Waals surface area contributed by atoms with Crippen LogP contribution >= 0.6 is 0 Å². The van der Waals surface area contributed by atoms with Crippen LogP contribution in [0, 0.1) is 13.8 Å². The van der Waals surface area contributed by atoms with Gasteiger partial charge < -0.3 is 9.80 Å². The SMILES string of the molecule is CCN(C(=O)CCN(C(C)=O)c1ccc(C)cc1C)C1CCS(=O)(=O)C1. The number of anilines is 1. The Morgan fingerprint density at radius 3 is 2.42 bits per heavy atom. The molecule has 0 saturated carbocycles. The summed E-state index contributed by atoms with van der Waals surface area (Å²) in [6.45, 7) is 8.05. The molecule has 144 valence electrons. The van der Waals surface area contributed by atoms with E-state index in [9.17, 15) is 18.0 Å². The first kappa shape index (κ1) is 20.4. The summed E-state index contributed by atoms with van der Waals surface area (Å²) in [6, 6.07) is 5.61. The number of hydrogen-bond donors (Lipinski definition) is 0. The van der Waals surface area contributed by atoms with Gasteiger partial charge in [0.25, 0.3) is 0 Å². The predicted molar refractivity (Wildman–Crippen MR) is 103 cm³/mol. The molecular formula is C19H28N2O4S. The third-order valence-electron chi connectivity index (χ3n) is 4.88. The van der Waals surface area contributed by atoms with Gasteiger partial charge in [0.2, 0.25) is 11.8 Å². The van der Waals surface area contributed by atoms with E-state index in [0.29, 0.717) is 13.0 Å². The van der Waals surface area contributed by atoms with Gasteiger partial charge in [0.15, 0.2) is 9.84 Å².